The van der Waals surface area contributed by atoms with Gasteiger partial charge in [-0.2, -0.15) is 0 Å². The first-order valence-corrected chi connectivity index (χ1v) is 7.38. The molecule has 1 amide bonds. The summed E-state index contributed by atoms with van der Waals surface area (Å²) >= 11 is 0. The molecule has 4 heteroatoms. The number of rotatable bonds is 1. The van der Waals surface area contributed by atoms with E-state index in [-0.39, 0.29) is 29.8 Å². The molecule has 0 spiro atoms. The standard InChI is InChI=1S/C16H17NO3/c1-16-12-10-7-9(13(18)14(10)20-16)11(12)15(19)17(16)8-5-3-2-4-6-8/h2-6,9-14,18H,7H2,1H3/t9-,10-,11-,12-,13+,14-,16-/m0/s1. The molecule has 20 heavy (non-hydrogen) atoms. The van der Waals surface area contributed by atoms with Gasteiger partial charge in [0.2, 0.25) is 5.91 Å². The molecular weight excluding hydrogens is 254 g/mol. The summed E-state index contributed by atoms with van der Waals surface area (Å²) in [5.41, 5.74) is 0.328. The van der Waals surface area contributed by atoms with Crippen LogP contribution in [0.25, 0.3) is 0 Å². The highest BCUT2D eigenvalue weighted by Crippen LogP contribution is 2.67. The van der Waals surface area contributed by atoms with Crippen molar-refractivity contribution in [3.63, 3.8) is 0 Å². The van der Waals surface area contributed by atoms with Crippen LogP contribution in [0.2, 0.25) is 0 Å². The molecule has 104 valence electrons. The number of nitrogens with zero attached hydrogens (tertiary/aromatic N) is 1. The van der Waals surface area contributed by atoms with Crippen LogP contribution in [0, 0.1) is 23.7 Å². The molecule has 4 fully saturated rings. The smallest absolute Gasteiger partial charge is 0.233 e. The number of hydrogen-bond acceptors (Lipinski definition) is 3. The molecule has 1 aromatic carbocycles. The molecule has 2 aliphatic heterocycles. The fourth-order valence-electron chi connectivity index (χ4n) is 5.44. The molecule has 2 heterocycles. The number of para-hydroxylation sites is 1. The maximum absolute atomic E-state index is 12.9. The summed E-state index contributed by atoms with van der Waals surface area (Å²) in [6.07, 6.45) is 0.418. The van der Waals surface area contributed by atoms with Gasteiger partial charge in [0.25, 0.3) is 0 Å². The molecule has 0 radical (unpaired) electrons. The lowest BCUT2D eigenvalue weighted by Gasteiger charge is -2.36. The Hall–Kier alpha value is -1.39. The second-order valence-electron chi connectivity index (χ2n) is 6.75. The van der Waals surface area contributed by atoms with Crippen LogP contribution in [0.5, 0.6) is 0 Å². The minimum atomic E-state index is -0.579. The molecule has 7 atom stereocenters. The van der Waals surface area contributed by atoms with Gasteiger partial charge in [0, 0.05) is 11.6 Å². The highest BCUT2D eigenvalue weighted by atomic mass is 16.6. The Morgan fingerprint density at radius 1 is 1.30 bits per heavy atom. The fourth-order valence-corrected chi connectivity index (χ4v) is 5.44. The third-order valence-corrected chi connectivity index (χ3v) is 6.01. The first kappa shape index (κ1) is 11.3. The van der Waals surface area contributed by atoms with E-state index in [9.17, 15) is 9.90 Å². The van der Waals surface area contributed by atoms with Crippen LogP contribution in [-0.4, -0.2) is 28.9 Å². The summed E-state index contributed by atoms with van der Waals surface area (Å²) < 4.78 is 6.22. The number of carbonyl (C=O) groups excluding carboxylic acids is 1. The molecule has 1 aromatic rings. The molecule has 5 rings (SSSR count). The van der Waals surface area contributed by atoms with Gasteiger partial charge in [-0.05, 0) is 37.3 Å². The first-order chi connectivity index (χ1) is 9.63. The number of ether oxygens (including phenoxy) is 1. The van der Waals surface area contributed by atoms with Gasteiger partial charge in [0.15, 0.2) is 0 Å². The Morgan fingerprint density at radius 2 is 2.05 bits per heavy atom. The highest BCUT2D eigenvalue weighted by molar-refractivity contribution is 6.00. The molecule has 2 saturated carbocycles. The van der Waals surface area contributed by atoms with Crippen molar-refractivity contribution in [2.75, 3.05) is 4.90 Å². The molecule has 2 bridgehead atoms. The molecule has 1 N–H and O–H groups in total. The SMILES string of the molecule is C[C@]12O[C@@H]3[C@H](O)[C@H]4C[C@H]3[C@H]1[C@H]4C(=O)N2c1ccccc1. The van der Waals surface area contributed by atoms with E-state index in [0.717, 1.165) is 12.1 Å². The van der Waals surface area contributed by atoms with Crippen LogP contribution in [-0.2, 0) is 9.53 Å². The summed E-state index contributed by atoms with van der Waals surface area (Å²) in [4.78, 5) is 14.7. The summed E-state index contributed by atoms with van der Waals surface area (Å²) in [5.74, 6) is 0.765. The molecule has 2 aliphatic carbocycles. The summed E-state index contributed by atoms with van der Waals surface area (Å²) in [6, 6.07) is 9.77. The van der Waals surface area contributed by atoms with E-state index >= 15 is 0 Å². The van der Waals surface area contributed by atoms with E-state index < -0.39 is 11.8 Å². The van der Waals surface area contributed by atoms with Crippen LogP contribution < -0.4 is 4.90 Å². The predicted molar refractivity (Wildman–Crippen MR) is 71.8 cm³/mol. The minimum absolute atomic E-state index is 0.0565. The van der Waals surface area contributed by atoms with Gasteiger partial charge in [-0.25, -0.2) is 0 Å². The van der Waals surface area contributed by atoms with Crippen LogP contribution in [0.1, 0.15) is 13.3 Å². The van der Waals surface area contributed by atoms with E-state index in [0.29, 0.717) is 5.92 Å². The number of fused-ring (bicyclic) bond motifs is 2. The van der Waals surface area contributed by atoms with Crippen LogP contribution >= 0.6 is 0 Å². The van der Waals surface area contributed by atoms with Crippen molar-refractivity contribution >= 4 is 11.6 Å². The summed E-state index contributed by atoms with van der Waals surface area (Å²) in [7, 11) is 0. The zero-order chi connectivity index (χ0) is 13.6. The van der Waals surface area contributed by atoms with Gasteiger partial charge in [-0.3, -0.25) is 9.69 Å². The largest absolute Gasteiger partial charge is 0.390 e. The first-order valence-electron chi connectivity index (χ1n) is 7.38. The van der Waals surface area contributed by atoms with E-state index in [1.807, 2.05) is 42.2 Å². The molecule has 4 aliphatic rings. The molecule has 2 saturated heterocycles. The van der Waals surface area contributed by atoms with E-state index in [2.05, 4.69) is 0 Å². The lowest BCUT2D eigenvalue weighted by atomic mass is 9.77. The highest BCUT2D eigenvalue weighted by Gasteiger charge is 2.77. The van der Waals surface area contributed by atoms with Crippen molar-refractivity contribution in [3.05, 3.63) is 30.3 Å². The van der Waals surface area contributed by atoms with Crippen molar-refractivity contribution in [2.24, 2.45) is 23.7 Å². The number of benzene rings is 1. The molecule has 0 unspecified atom stereocenters. The van der Waals surface area contributed by atoms with Gasteiger partial charge >= 0.3 is 0 Å². The van der Waals surface area contributed by atoms with Gasteiger partial charge in [-0.1, -0.05) is 18.2 Å². The number of aliphatic hydroxyl groups is 1. The van der Waals surface area contributed by atoms with Gasteiger partial charge in [0.1, 0.15) is 5.72 Å². The normalized spacial score (nSPS) is 51.3. The van der Waals surface area contributed by atoms with Crippen molar-refractivity contribution in [2.45, 2.75) is 31.3 Å². The van der Waals surface area contributed by atoms with Gasteiger partial charge in [-0.15, -0.1) is 0 Å². The van der Waals surface area contributed by atoms with Crippen molar-refractivity contribution in [3.8, 4) is 0 Å². The van der Waals surface area contributed by atoms with Crippen LogP contribution in [0.15, 0.2) is 30.3 Å². The fraction of sp³-hybridized carbons (Fsp3) is 0.562. The monoisotopic (exact) mass is 271 g/mol. The Bertz CT molecular complexity index is 603. The number of carbonyl (C=O) groups is 1. The number of hydrogen-bond donors (Lipinski definition) is 1. The Balaban J connectivity index is 1.67. The lowest BCUT2D eigenvalue weighted by molar-refractivity contribution is -0.131. The third-order valence-electron chi connectivity index (χ3n) is 6.01. The third kappa shape index (κ3) is 1.00. The zero-order valence-corrected chi connectivity index (χ0v) is 11.3. The number of anilines is 1. The van der Waals surface area contributed by atoms with Crippen molar-refractivity contribution < 1.29 is 14.6 Å². The average Bonchev–Trinajstić information content (AvgIpc) is 3.08. The van der Waals surface area contributed by atoms with E-state index in [1.54, 1.807) is 0 Å². The zero-order valence-electron chi connectivity index (χ0n) is 11.3. The number of aliphatic hydroxyl groups excluding tert-OH is 1. The Kier molecular flexibility index (Phi) is 1.84. The Labute approximate surface area is 117 Å². The van der Waals surface area contributed by atoms with Crippen LogP contribution in [0.4, 0.5) is 5.69 Å². The van der Waals surface area contributed by atoms with Crippen molar-refractivity contribution in [1.82, 2.24) is 0 Å². The maximum atomic E-state index is 12.9. The number of amides is 1. The van der Waals surface area contributed by atoms with E-state index in [1.165, 1.54) is 0 Å². The van der Waals surface area contributed by atoms with Crippen molar-refractivity contribution in [1.29, 1.82) is 0 Å². The quantitative estimate of drug-likeness (QED) is 0.839. The van der Waals surface area contributed by atoms with E-state index in [4.69, 9.17) is 4.74 Å². The summed E-state index contributed by atoms with van der Waals surface area (Å²) in [6.45, 7) is 2.02. The minimum Gasteiger partial charge on any atom is -0.390 e. The Morgan fingerprint density at radius 3 is 2.80 bits per heavy atom. The average molecular weight is 271 g/mol. The molecule has 4 nitrogen and oxygen atoms in total. The molecule has 0 aromatic heterocycles. The molecular formula is C16H17NO3. The predicted octanol–water partition coefficient (Wildman–Crippen LogP) is 1.39. The van der Waals surface area contributed by atoms with Crippen LogP contribution in [0.3, 0.4) is 0 Å². The van der Waals surface area contributed by atoms with Gasteiger partial charge in [0.05, 0.1) is 18.1 Å². The topological polar surface area (TPSA) is 49.8 Å². The second kappa shape index (κ2) is 3.26. The maximum Gasteiger partial charge on any atom is 0.233 e. The lowest BCUT2D eigenvalue weighted by Crippen LogP contribution is -2.49. The second-order valence-corrected chi connectivity index (χ2v) is 6.75. The summed E-state index contributed by atoms with van der Waals surface area (Å²) in [5, 5.41) is 10.3. The van der Waals surface area contributed by atoms with Gasteiger partial charge < -0.3 is 9.84 Å².